The van der Waals surface area contributed by atoms with Crippen molar-refractivity contribution in [2.75, 3.05) is 34.4 Å². The Balaban J connectivity index is 1.65. The van der Waals surface area contributed by atoms with Crippen LogP contribution < -0.4 is 9.47 Å². The fourth-order valence-electron chi connectivity index (χ4n) is 4.12. The van der Waals surface area contributed by atoms with Crippen molar-refractivity contribution in [1.82, 2.24) is 19.8 Å². The molecule has 0 aliphatic carbocycles. The molecule has 2 aliphatic heterocycles. The molecule has 28 heavy (non-hydrogen) atoms. The van der Waals surface area contributed by atoms with Gasteiger partial charge in [-0.25, -0.2) is 9.97 Å². The standard InChI is InChI=1S/C21H26N4O3/c1-24-11-9-15-14(13-24)12-22-20(23-15)16-6-5-10-25(16)21(26)19-17(27-2)7-4-8-18(19)28-3/h4,7-8,12,16H,5-6,9-11,13H2,1-3H3/t16-/m0/s1. The van der Waals surface area contributed by atoms with Gasteiger partial charge < -0.3 is 19.3 Å². The van der Waals surface area contributed by atoms with Crippen molar-refractivity contribution in [3.8, 4) is 11.5 Å². The normalized spacial score (nSPS) is 19.4. The van der Waals surface area contributed by atoms with E-state index in [0.29, 0.717) is 23.6 Å². The van der Waals surface area contributed by atoms with Crippen molar-refractivity contribution >= 4 is 5.91 Å². The number of rotatable bonds is 4. The number of hydrogen-bond donors (Lipinski definition) is 0. The summed E-state index contributed by atoms with van der Waals surface area (Å²) in [4.78, 5) is 27.0. The van der Waals surface area contributed by atoms with Gasteiger partial charge in [0.2, 0.25) is 0 Å². The largest absolute Gasteiger partial charge is 0.496 e. The second-order valence-corrected chi connectivity index (χ2v) is 7.38. The molecule has 1 amide bonds. The van der Waals surface area contributed by atoms with E-state index in [9.17, 15) is 4.79 Å². The summed E-state index contributed by atoms with van der Waals surface area (Å²) < 4.78 is 10.9. The molecule has 0 unspecified atom stereocenters. The van der Waals surface area contributed by atoms with E-state index in [4.69, 9.17) is 14.5 Å². The lowest BCUT2D eigenvalue weighted by molar-refractivity contribution is 0.0722. The van der Waals surface area contributed by atoms with Crippen LogP contribution in [0.15, 0.2) is 24.4 Å². The first-order valence-electron chi connectivity index (χ1n) is 9.67. The van der Waals surface area contributed by atoms with E-state index >= 15 is 0 Å². The molecule has 1 aromatic carbocycles. The highest BCUT2D eigenvalue weighted by Gasteiger charge is 2.35. The Morgan fingerprint density at radius 1 is 1.18 bits per heavy atom. The molecule has 148 valence electrons. The van der Waals surface area contributed by atoms with Gasteiger partial charge in [-0.05, 0) is 32.0 Å². The molecule has 1 atom stereocenters. The number of ether oxygens (including phenoxy) is 2. The van der Waals surface area contributed by atoms with Crippen LogP contribution in [0.4, 0.5) is 0 Å². The third-order valence-corrected chi connectivity index (χ3v) is 5.60. The van der Waals surface area contributed by atoms with Crippen LogP contribution in [0.1, 0.15) is 46.3 Å². The second kappa shape index (κ2) is 7.75. The average Bonchev–Trinajstić information content (AvgIpc) is 3.22. The van der Waals surface area contributed by atoms with Gasteiger partial charge in [0.15, 0.2) is 5.82 Å². The number of likely N-dealkylation sites (tertiary alicyclic amines) is 1. The Morgan fingerprint density at radius 3 is 2.64 bits per heavy atom. The molecule has 1 saturated heterocycles. The highest BCUT2D eigenvalue weighted by molar-refractivity contribution is 6.00. The Morgan fingerprint density at radius 2 is 1.93 bits per heavy atom. The van der Waals surface area contributed by atoms with Gasteiger partial charge in [-0.2, -0.15) is 0 Å². The van der Waals surface area contributed by atoms with E-state index in [1.54, 1.807) is 26.4 Å². The molecule has 4 rings (SSSR count). The number of hydrogen-bond acceptors (Lipinski definition) is 6. The number of methoxy groups -OCH3 is 2. The van der Waals surface area contributed by atoms with Crippen LogP contribution in [0.5, 0.6) is 11.5 Å². The summed E-state index contributed by atoms with van der Waals surface area (Å²) in [5.41, 5.74) is 2.75. The molecular weight excluding hydrogens is 356 g/mol. The third kappa shape index (κ3) is 3.30. The summed E-state index contributed by atoms with van der Waals surface area (Å²) in [6, 6.07) is 5.27. The van der Waals surface area contributed by atoms with E-state index in [0.717, 1.165) is 43.9 Å². The van der Waals surface area contributed by atoms with Crippen molar-refractivity contribution in [3.05, 3.63) is 47.0 Å². The Labute approximate surface area is 165 Å². The van der Waals surface area contributed by atoms with Gasteiger partial charge in [-0.15, -0.1) is 0 Å². The maximum atomic E-state index is 13.4. The Bertz CT molecular complexity index is 864. The van der Waals surface area contributed by atoms with Crippen LogP contribution in [0.3, 0.4) is 0 Å². The van der Waals surface area contributed by atoms with Crippen molar-refractivity contribution < 1.29 is 14.3 Å². The zero-order chi connectivity index (χ0) is 19.7. The smallest absolute Gasteiger partial charge is 0.262 e. The number of likely N-dealkylation sites (N-methyl/N-ethyl adjacent to an activating group) is 1. The first kappa shape index (κ1) is 18.7. The molecule has 0 spiro atoms. The van der Waals surface area contributed by atoms with Gasteiger partial charge in [0.05, 0.1) is 20.3 Å². The SMILES string of the molecule is COc1cccc(OC)c1C(=O)N1CCC[C@H]1c1ncc2c(n1)CCN(C)C2. The average molecular weight is 382 g/mol. The van der Waals surface area contributed by atoms with Gasteiger partial charge in [0.25, 0.3) is 5.91 Å². The Hall–Kier alpha value is -2.67. The highest BCUT2D eigenvalue weighted by Crippen LogP contribution is 2.36. The van der Waals surface area contributed by atoms with Crippen LogP contribution in [0.2, 0.25) is 0 Å². The Kier molecular flexibility index (Phi) is 5.17. The summed E-state index contributed by atoms with van der Waals surface area (Å²) in [7, 11) is 5.24. The van der Waals surface area contributed by atoms with Gasteiger partial charge in [-0.3, -0.25) is 4.79 Å². The van der Waals surface area contributed by atoms with Crippen molar-refractivity contribution in [2.45, 2.75) is 31.8 Å². The fourth-order valence-corrected chi connectivity index (χ4v) is 4.12. The molecule has 1 fully saturated rings. The van der Waals surface area contributed by atoms with Crippen LogP contribution in [0, 0.1) is 0 Å². The van der Waals surface area contributed by atoms with Gasteiger partial charge in [-0.1, -0.05) is 6.07 Å². The predicted octanol–water partition coefficient (Wildman–Crippen LogP) is 2.46. The first-order chi connectivity index (χ1) is 13.6. The quantitative estimate of drug-likeness (QED) is 0.809. The molecule has 3 heterocycles. The topological polar surface area (TPSA) is 67.8 Å². The molecule has 2 aromatic rings. The molecule has 0 radical (unpaired) electrons. The summed E-state index contributed by atoms with van der Waals surface area (Å²) in [6.45, 7) is 2.55. The lowest BCUT2D eigenvalue weighted by atomic mass is 10.1. The number of benzene rings is 1. The summed E-state index contributed by atoms with van der Waals surface area (Å²) in [5.74, 6) is 1.68. The van der Waals surface area contributed by atoms with E-state index in [-0.39, 0.29) is 11.9 Å². The molecule has 7 heteroatoms. The number of carbonyl (C=O) groups excluding carboxylic acids is 1. The van der Waals surface area contributed by atoms with E-state index in [1.807, 2.05) is 17.2 Å². The number of fused-ring (bicyclic) bond motifs is 1. The number of nitrogens with zero attached hydrogens (tertiary/aromatic N) is 4. The third-order valence-electron chi connectivity index (χ3n) is 5.60. The fraction of sp³-hybridized carbons (Fsp3) is 0.476. The summed E-state index contributed by atoms with van der Waals surface area (Å²) in [5, 5.41) is 0. The second-order valence-electron chi connectivity index (χ2n) is 7.38. The lowest BCUT2D eigenvalue weighted by Gasteiger charge is -2.27. The van der Waals surface area contributed by atoms with Gasteiger partial charge in [0.1, 0.15) is 17.1 Å². The molecule has 0 N–H and O–H groups in total. The minimum atomic E-state index is -0.118. The predicted molar refractivity (Wildman–Crippen MR) is 105 cm³/mol. The van der Waals surface area contributed by atoms with Gasteiger partial charge in [0, 0.05) is 43.5 Å². The molecule has 0 bridgehead atoms. The van der Waals surface area contributed by atoms with E-state index in [2.05, 4.69) is 16.9 Å². The monoisotopic (exact) mass is 382 g/mol. The van der Waals surface area contributed by atoms with Crippen molar-refractivity contribution in [2.24, 2.45) is 0 Å². The minimum absolute atomic E-state index is 0.0992. The highest BCUT2D eigenvalue weighted by atomic mass is 16.5. The van der Waals surface area contributed by atoms with Crippen LogP contribution in [-0.4, -0.2) is 60.0 Å². The number of carbonyl (C=O) groups is 1. The molecule has 7 nitrogen and oxygen atoms in total. The summed E-state index contributed by atoms with van der Waals surface area (Å²) in [6.07, 6.45) is 4.64. The molecular formula is C21H26N4O3. The zero-order valence-electron chi connectivity index (χ0n) is 16.6. The minimum Gasteiger partial charge on any atom is -0.496 e. The van der Waals surface area contributed by atoms with Crippen molar-refractivity contribution in [3.63, 3.8) is 0 Å². The first-order valence-corrected chi connectivity index (χ1v) is 9.67. The molecule has 0 saturated carbocycles. The van der Waals surface area contributed by atoms with E-state index < -0.39 is 0 Å². The zero-order valence-corrected chi connectivity index (χ0v) is 16.6. The summed E-state index contributed by atoms with van der Waals surface area (Å²) >= 11 is 0. The molecule has 1 aromatic heterocycles. The van der Waals surface area contributed by atoms with Crippen LogP contribution >= 0.6 is 0 Å². The lowest BCUT2D eigenvalue weighted by Crippen LogP contribution is -2.33. The van der Waals surface area contributed by atoms with Crippen LogP contribution in [0.25, 0.3) is 0 Å². The van der Waals surface area contributed by atoms with Crippen LogP contribution in [-0.2, 0) is 13.0 Å². The van der Waals surface area contributed by atoms with Gasteiger partial charge >= 0.3 is 0 Å². The number of aromatic nitrogens is 2. The van der Waals surface area contributed by atoms with E-state index in [1.165, 1.54) is 5.56 Å². The van der Waals surface area contributed by atoms with Crippen molar-refractivity contribution in [1.29, 1.82) is 0 Å². The maximum absolute atomic E-state index is 13.4. The molecule has 2 aliphatic rings. The number of amides is 1. The maximum Gasteiger partial charge on any atom is 0.262 e.